The third-order valence-corrected chi connectivity index (χ3v) is 4.53. The first-order chi connectivity index (χ1) is 14.6. The van der Waals surface area contributed by atoms with Crippen LogP contribution >= 0.6 is 0 Å². The maximum absolute atomic E-state index is 5.76. The van der Waals surface area contributed by atoms with Crippen molar-refractivity contribution in [2.24, 2.45) is 5.16 Å². The van der Waals surface area contributed by atoms with E-state index in [0.29, 0.717) is 6.42 Å². The highest BCUT2D eigenvalue weighted by atomic mass is 16.6. The molecule has 0 fully saturated rings. The summed E-state index contributed by atoms with van der Waals surface area (Å²) in [6.45, 7) is 0. The molecule has 30 heavy (non-hydrogen) atoms. The van der Waals surface area contributed by atoms with Crippen LogP contribution in [0.1, 0.15) is 16.7 Å². The van der Waals surface area contributed by atoms with E-state index in [9.17, 15) is 0 Å². The Morgan fingerprint density at radius 2 is 1.63 bits per heavy atom. The Hall–Kier alpha value is -3.71. The van der Waals surface area contributed by atoms with Gasteiger partial charge in [-0.2, -0.15) is 0 Å². The Bertz CT molecular complexity index is 999. The molecule has 3 rings (SSSR count). The van der Waals surface area contributed by atoms with E-state index >= 15 is 0 Å². The van der Waals surface area contributed by atoms with Crippen LogP contribution in [-0.2, 0) is 11.3 Å². The molecule has 0 N–H and O–H groups in total. The minimum atomic E-state index is -0.355. The number of ether oxygens (including phenoxy) is 1. The molecule has 0 spiro atoms. The van der Waals surface area contributed by atoms with Crippen LogP contribution in [-0.4, -0.2) is 33.5 Å². The van der Waals surface area contributed by atoms with Crippen molar-refractivity contribution < 1.29 is 9.57 Å². The number of methoxy groups -OCH3 is 1. The Labute approximate surface area is 178 Å². The first kappa shape index (κ1) is 21.0. The van der Waals surface area contributed by atoms with Gasteiger partial charge in [-0.3, -0.25) is 0 Å². The molecular formula is C26H26N2O2. The van der Waals surface area contributed by atoms with Gasteiger partial charge in [0.25, 0.3) is 0 Å². The number of benzene rings is 3. The van der Waals surface area contributed by atoms with Gasteiger partial charge in [-0.25, -0.2) is 0 Å². The molecule has 4 heteroatoms. The predicted molar refractivity (Wildman–Crippen MR) is 123 cm³/mol. The SMILES string of the molecule is COc1ccc(C#CC(Cc2ccccc2)O/N=C/c2ccc(N(C)C)cc2)cc1. The van der Waals surface area contributed by atoms with Gasteiger partial charge in [-0.1, -0.05) is 59.5 Å². The molecule has 0 radical (unpaired) electrons. The van der Waals surface area contributed by atoms with Gasteiger partial charge in [0.05, 0.1) is 13.3 Å². The van der Waals surface area contributed by atoms with E-state index in [1.165, 1.54) is 0 Å². The smallest absolute Gasteiger partial charge is 0.191 e. The summed E-state index contributed by atoms with van der Waals surface area (Å²) < 4.78 is 5.19. The molecule has 1 atom stereocenters. The van der Waals surface area contributed by atoms with Crippen molar-refractivity contribution in [1.82, 2.24) is 0 Å². The summed E-state index contributed by atoms with van der Waals surface area (Å²) in [4.78, 5) is 7.81. The Kier molecular flexibility index (Phi) is 7.51. The monoisotopic (exact) mass is 398 g/mol. The maximum Gasteiger partial charge on any atom is 0.191 e. The van der Waals surface area contributed by atoms with Crippen LogP contribution in [0.15, 0.2) is 84.0 Å². The first-order valence-corrected chi connectivity index (χ1v) is 9.80. The minimum absolute atomic E-state index is 0.355. The molecule has 0 aliphatic carbocycles. The second kappa shape index (κ2) is 10.7. The molecule has 0 heterocycles. The fraction of sp³-hybridized carbons (Fsp3) is 0.192. The molecule has 1 unspecified atom stereocenters. The molecule has 0 aromatic heterocycles. The second-order valence-electron chi connectivity index (χ2n) is 7.00. The highest BCUT2D eigenvalue weighted by molar-refractivity contribution is 5.79. The van der Waals surface area contributed by atoms with Crippen LogP contribution in [0.5, 0.6) is 5.75 Å². The van der Waals surface area contributed by atoms with Crippen molar-refractivity contribution in [2.75, 3.05) is 26.1 Å². The summed E-state index contributed by atoms with van der Waals surface area (Å²) in [5, 5.41) is 4.19. The van der Waals surface area contributed by atoms with Gasteiger partial charge in [-0.15, -0.1) is 0 Å². The van der Waals surface area contributed by atoms with Gasteiger partial charge in [0.15, 0.2) is 6.10 Å². The standard InChI is InChI=1S/C26H26N2O2/c1-28(2)24-14-9-23(10-15-24)20-27-30-26(19-22-7-5-4-6-8-22)18-13-21-11-16-25(29-3)17-12-21/h4-12,14-17,20,26H,19H2,1-3H3/b27-20+. The van der Waals surface area contributed by atoms with Crippen molar-refractivity contribution in [3.8, 4) is 17.6 Å². The number of rotatable bonds is 7. The van der Waals surface area contributed by atoms with Crippen LogP contribution in [0.3, 0.4) is 0 Å². The van der Waals surface area contributed by atoms with Crippen molar-refractivity contribution in [1.29, 1.82) is 0 Å². The summed E-state index contributed by atoms with van der Waals surface area (Å²) in [6.07, 6.45) is 2.01. The third-order valence-electron chi connectivity index (χ3n) is 4.53. The highest BCUT2D eigenvalue weighted by Crippen LogP contribution is 2.12. The second-order valence-corrected chi connectivity index (χ2v) is 7.00. The summed E-state index contributed by atoms with van der Waals surface area (Å²) in [5.74, 6) is 7.18. The fourth-order valence-electron chi connectivity index (χ4n) is 2.80. The Balaban J connectivity index is 1.71. The number of hydrogen-bond donors (Lipinski definition) is 0. The van der Waals surface area contributed by atoms with Crippen molar-refractivity contribution in [2.45, 2.75) is 12.5 Å². The molecule has 3 aromatic rings. The quantitative estimate of drug-likeness (QED) is 0.326. The first-order valence-electron chi connectivity index (χ1n) is 9.80. The number of oxime groups is 1. The molecule has 3 aromatic carbocycles. The van der Waals surface area contributed by atoms with Gasteiger partial charge in [0.2, 0.25) is 0 Å². The van der Waals surface area contributed by atoms with Crippen LogP contribution in [0.2, 0.25) is 0 Å². The van der Waals surface area contributed by atoms with Gasteiger partial charge >= 0.3 is 0 Å². The predicted octanol–water partition coefficient (Wildman–Crippen LogP) is 4.77. The van der Waals surface area contributed by atoms with E-state index in [1.54, 1.807) is 13.3 Å². The summed E-state index contributed by atoms with van der Waals surface area (Å²) in [5.41, 5.74) is 4.17. The largest absolute Gasteiger partial charge is 0.497 e. The molecule has 152 valence electrons. The lowest BCUT2D eigenvalue weighted by molar-refractivity contribution is 0.101. The van der Waals surface area contributed by atoms with E-state index in [1.807, 2.05) is 80.8 Å². The molecule has 0 saturated heterocycles. The molecular weight excluding hydrogens is 372 g/mol. The Morgan fingerprint density at radius 3 is 2.27 bits per heavy atom. The summed E-state index contributed by atoms with van der Waals surface area (Å²) in [7, 11) is 5.68. The van der Waals surface area contributed by atoms with E-state index in [0.717, 1.165) is 28.1 Å². The fourth-order valence-corrected chi connectivity index (χ4v) is 2.80. The molecule has 0 saturated carbocycles. The summed E-state index contributed by atoms with van der Waals surface area (Å²) in [6, 6.07) is 25.9. The zero-order valence-electron chi connectivity index (χ0n) is 17.6. The lowest BCUT2D eigenvalue weighted by atomic mass is 10.1. The van der Waals surface area contributed by atoms with E-state index in [-0.39, 0.29) is 6.10 Å². The molecule has 0 aliphatic rings. The van der Waals surface area contributed by atoms with Crippen molar-refractivity contribution in [3.05, 3.63) is 95.6 Å². The topological polar surface area (TPSA) is 34.1 Å². The number of hydrogen-bond acceptors (Lipinski definition) is 4. The van der Waals surface area contributed by atoms with Crippen molar-refractivity contribution >= 4 is 11.9 Å². The zero-order chi connectivity index (χ0) is 21.2. The van der Waals surface area contributed by atoms with E-state index in [4.69, 9.17) is 9.57 Å². The number of nitrogens with zero attached hydrogens (tertiary/aromatic N) is 2. The van der Waals surface area contributed by atoms with Gasteiger partial charge in [-0.05, 0) is 47.5 Å². The zero-order valence-corrected chi connectivity index (χ0v) is 17.6. The van der Waals surface area contributed by atoms with Crippen molar-refractivity contribution in [3.63, 3.8) is 0 Å². The van der Waals surface area contributed by atoms with Crippen LogP contribution in [0.4, 0.5) is 5.69 Å². The summed E-state index contributed by atoms with van der Waals surface area (Å²) >= 11 is 0. The lowest BCUT2D eigenvalue weighted by Crippen LogP contribution is -2.11. The average Bonchev–Trinajstić information content (AvgIpc) is 2.78. The van der Waals surface area contributed by atoms with Crippen LogP contribution in [0, 0.1) is 11.8 Å². The molecule has 0 aliphatic heterocycles. The van der Waals surface area contributed by atoms with Crippen LogP contribution in [0.25, 0.3) is 0 Å². The lowest BCUT2D eigenvalue weighted by Gasteiger charge is -2.12. The third kappa shape index (κ3) is 6.42. The molecule has 0 amide bonds. The van der Waals surface area contributed by atoms with E-state index in [2.05, 4.69) is 34.0 Å². The van der Waals surface area contributed by atoms with Crippen LogP contribution < -0.4 is 9.64 Å². The average molecular weight is 399 g/mol. The van der Waals surface area contributed by atoms with Gasteiger partial charge in [0.1, 0.15) is 5.75 Å². The Morgan fingerprint density at radius 1 is 0.933 bits per heavy atom. The molecule has 0 bridgehead atoms. The number of anilines is 1. The molecule has 4 nitrogen and oxygen atoms in total. The highest BCUT2D eigenvalue weighted by Gasteiger charge is 2.07. The van der Waals surface area contributed by atoms with Gasteiger partial charge in [0, 0.05) is 31.8 Å². The minimum Gasteiger partial charge on any atom is -0.497 e. The van der Waals surface area contributed by atoms with Gasteiger partial charge < -0.3 is 14.5 Å². The van der Waals surface area contributed by atoms with E-state index < -0.39 is 0 Å². The normalized spacial score (nSPS) is 11.4. The maximum atomic E-state index is 5.76.